The summed E-state index contributed by atoms with van der Waals surface area (Å²) in [6, 6.07) is 21.8. The Morgan fingerprint density at radius 3 is 1.88 bits per heavy atom. The van der Waals surface area contributed by atoms with E-state index in [0.29, 0.717) is 22.4 Å². The highest BCUT2D eigenvalue weighted by Gasteiger charge is 2.57. The first-order valence-corrected chi connectivity index (χ1v) is 18.4. The second kappa shape index (κ2) is 16.1. The molecular formula is C37H39BrF2N3O8P. The minimum absolute atomic E-state index is 0.0451. The van der Waals surface area contributed by atoms with E-state index in [9.17, 15) is 24.2 Å². The summed E-state index contributed by atoms with van der Waals surface area (Å²) in [6.07, 6.45) is 1.69. The fourth-order valence-corrected chi connectivity index (χ4v) is 6.78. The zero-order chi connectivity index (χ0) is 38.5. The molecule has 52 heavy (non-hydrogen) atoms. The van der Waals surface area contributed by atoms with Crippen LogP contribution in [0.2, 0.25) is 0 Å². The van der Waals surface area contributed by atoms with Crippen LogP contribution in [0.15, 0.2) is 88.3 Å². The molecule has 0 unspecified atom stereocenters. The van der Waals surface area contributed by atoms with Gasteiger partial charge in [0, 0.05) is 16.2 Å². The highest BCUT2D eigenvalue weighted by atomic mass is 79.9. The van der Waals surface area contributed by atoms with E-state index in [1.165, 1.54) is 62.8 Å². The second-order valence-electron chi connectivity index (χ2n) is 13.9. The van der Waals surface area contributed by atoms with E-state index in [1.54, 1.807) is 30.5 Å². The second-order valence-corrected chi connectivity index (χ2v) is 16.8. The highest BCUT2D eigenvalue weighted by Crippen LogP contribution is 2.67. The fourth-order valence-electron chi connectivity index (χ4n) is 4.68. The van der Waals surface area contributed by atoms with Gasteiger partial charge in [-0.15, -0.1) is 0 Å². The van der Waals surface area contributed by atoms with Gasteiger partial charge in [0.05, 0.1) is 41.2 Å². The summed E-state index contributed by atoms with van der Waals surface area (Å²) in [7, 11) is -5.56. The van der Waals surface area contributed by atoms with Gasteiger partial charge in [-0.05, 0) is 76.4 Å². The first-order chi connectivity index (χ1) is 24.3. The maximum absolute atomic E-state index is 16.3. The van der Waals surface area contributed by atoms with Crippen molar-refractivity contribution in [3.8, 4) is 17.3 Å². The van der Waals surface area contributed by atoms with Crippen molar-refractivity contribution in [2.75, 3.05) is 13.6 Å². The van der Waals surface area contributed by atoms with Crippen molar-refractivity contribution < 1.29 is 41.5 Å². The zero-order valence-corrected chi connectivity index (χ0v) is 32.0. The number of hydrogen-bond acceptors (Lipinski definition) is 9. The van der Waals surface area contributed by atoms with Gasteiger partial charge in [0.25, 0.3) is 0 Å². The average Bonchev–Trinajstić information content (AvgIpc) is 3.37. The zero-order valence-electron chi connectivity index (χ0n) is 29.5. The van der Waals surface area contributed by atoms with Gasteiger partial charge in [-0.25, -0.2) is 4.79 Å². The van der Waals surface area contributed by atoms with Crippen LogP contribution in [0.5, 0.6) is 0 Å². The van der Waals surface area contributed by atoms with Crippen LogP contribution in [0.4, 0.5) is 8.78 Å². The van der Waals surface area contributed by atoms with Gasteiger partial charge in [-0.1, -0.05) is 70.5 Å². The number of nitriles is 1. The predicted octanol–water partition coefficient (Wildman–Crippen LogP) is 8.42. The summed E-state index contributed by atoms with van der Waals surface area (Å²) < 4.78 is 68.9. The van der Waals surface area contributed by atoms with Crippen LogP contribution in [0.25, 0.3) is 11.3 Å². The van der Waals surface area contributed by atoms with Gasteiger partial charge in [-0.2, -0.15) is 14.0 Å². The maximum atomic E-state index is 16.3. The number of ether oxygens (including phenoxy) is 2. The Kier molecular flexibility index (Phi) is 12.5. The summed E-state index contributed by atoms with van der Waals surface area (Å²) in [5.41, 5.74) is -4.61. The Labute approximate surface area is 308 Å². The molecule has 4 aromatic rings. The molecule has 276 valence electrons. The molecule has 0 saturated heterocycles. The summed E-state index contributed by atoms with van der Waals surface area (Å²) in [5.74, 6) is -1.61. The third kappa shape index (κ3) is 9.52. The van der Waals surface area contributed by atoms with Crippen LogP contribution in [0.3, 0.4) is 0 Å². The average molecular weight is 803 g/mol. The third-order valence-corrected chi connectivity index (χ3v) is 10.1. The molecule has 3 aromatic carbocycles. The number of benzene rings is 3. The lowest BCUT2D eigenvalue weighted by Crippen LogP contribution is -2.27. The number of rotatable bonds is 13. The Hall–Kier alpha value is -4.41. The SMILES string of the molecule is CC(C)(C)C(=O)OCOP(=O)(OCOC(=O)C(C)(C)C)C(F)(F)c1ccc(Cn2c(-c3ccc(C#N)cc3)cn(Cc3ccccc3)c2=O)cc1Br. The van der Waals surface area contributed by atoms with Gasteiger partial charge in [0.1, 0.15) is 0 Å². The van der Waals surface area contributed by atoms with Crippen molar-refractivity contribution in [2.45, 2.75) is 60.3 Å². The Bertz CT molecular complexity index is 2030. The van der Waals surface area contributed by atoms with Crippen molar-refractivity contribution in [1.82, 2.24) is 9.13 Å². The molecule has 0 atom stereocenters. The molecule has 0 aliphatic heterocycles. The normalized spacial score (nSPS) is 12.3. The van der Waals surface area contributed by atoms with Crippen LogP contribution in [0.1, 0.15) is 63.8 Å². The Morgan fingerprint density at radius 2 is 1.38 bits per heavy atom. The van der Waals surface area contributed by atoms with Crippen molar-refractivity contribution in [1.29, 1.82) is 5.26 Å². The van der Waals surface area contributed by atoms with E-state index in [0.717, 1.165) is 11.6 Å². The van der Waals surface area contributed by atoms with Crippen molar-refractivity contribution in [3.63, 3.8) is 0 Å². The van der Waals surface area contributed by atoms with E-state index in [2.05, 4.69) is 22.0 Å². The van der Waals surface area contributed by atoms with E-state index < -0.39 is 55.2 Å². The molecule has 0 fully saturated rings. The van der Waals surface area contributed by atoms with Crippen molar-refractivity contribution >= 4 is 35.5 Å². The number of aromatic nitrogens is 2. The molecule has 0 N–H and O–H groups in total. The number of imidazole rings is 1. The predicted molar refractivity (Wildman–Crippen MR) is 192 cm³/mol. The third-order valence-electron chi connectivity index (χ3n) is 7.64. The molecule has 1 aromatic heterocycles. The van der Waals surface area contributed by atoms with Gasteiger partial charge < -0.3 is 9.47 Å². The van der Waals surface area contributed by atoms with Gasteiger partial charge in [0.2, 0.25) is 13.6 Å². The number of nitrogens with zero attached hydrogens (tertiary/aromatic N) is 3. The first kappa shape index (κ1) is 40.4. The van der Waals surface area contributed by atoms with Crippen LogP contribution < -0.4 is 5.69 Å². The van der Waals surface area contributed by atoms with Crippen molar-refractivity contribution in [3.05, 3.63) is 116 Å². The standard InChI is InChI=1S/C37H39BrF2N3O8P/c1-35(2,3)32(44)48-23-50-52(47,51-24-49-33(45)36(4,5)6)37(39,40)29-17-14-27(18-30(29)38)21-43-31(28-15-12-25(19-41)13-16-28)22-42(34(43)46)20-26-10-8-7-9-11-26/h7-18,22H,20-21,23-24H2,1-6H3. The van der Waals surface area contributed by atoms with E-state index in [4.69, 9.17) is 18.5 Å². The maximum Gasteiger partial charge on any atom is 0.410 e. The molecule has 0 aliphatic carbocycles. The van der Waals surface area contributed by atoms with Crippen molar-refractivity contribution in [2.24, 2.45) is 10.8 Å². The lowest BCUT2D eigenvalue weighted by atomic mass is 9.98. The molecule has 4 rings (SSSR count). The summed E-state index contributed by atoms with van der Waals surface area (Å²) in [4.78, 5) is 38.3. The van der Waals surface area contributed by atoms with E-state index >= 15 is 8.78 Å². The monoisotopic (exact) mass is 801 g/mol. The summed E-state index contributed by atoms with van der Waals surface area (Å²) in [5, 5.41) is 9.26. The smallest absolute Gasteiger partial charge is 0.410 e. The number of halogens is 3. The fraction of sp³-hybridized carbons (Fsp3) is 0.351. The minimum Gasteiger partial charge on any atom is -0.438 e. The molecule has 0 amide bonds. The number of carbonyl (C=O) groups is 2. The Morgan fingerprint density at radius 1 is 0.827 bits per heavy atom. The first-order valence-electron chi connectivity index (χ1n) is 16.0. The number of alkyl halides is 2. The van der Waals surface area contributed by atoms with E-state index in [1.807, 2.05) is 30.3 Å². The van der Waals surface area contributed by atoms with Gasteiger partial charge in [0.15, 0.2) is 0 Å². The van der Waals surface area contributed by atoms with Crippen LogP contribution in [-0.2, 0) is 51.4 Å². The molecule has 1 heterocycles. The van der Waals surface area contributed by atoms with Crippen LogP contribution in [-0.4, -0.2) is 34.7 Å². The minimum atomic E-state index is -5.56. The number of carbonyl (C=O) groups excluding carboxylic acids is 2. The molecule has 11 nitrogen and oxygen atoms in total. The Balaban J connectivity index is 1.67. The quantitative estimate of drug-likeness (QED) is 0.0741. The number of esters is 2. The molecule has 0 aliphatic rings. The van der Waals surface area contributed by atoms with Gasteiger partial charge in [-0.3, -0.25) is 32.3 Å². The molecule has 0 bridgehead atoms. The largest absolute Gasteiger partial charge is 0.438 e. The lowest BCUT2D eigenvalue weighted by Gasteiger charge is -2.28. The summed E-state index contributed by atoms with van der Waals surface area (Å²) >= 11 is 3.16. The molecule has 0 radical (unpaired) electrons. The lowest BCUT2D eigenvalue weighted by molar-refractivity contribution is -0.163. The topological polar surface area (TPSA) is 139 Å². The van der Waals surface area contributed by atoms with E-state index in [-0.39, 0.29) is 23.3 Å². The molecule has 15 heteroatoms. The molecular weight excluding hydrogens is 763 g/mol. The number of hydrogen-bond donors (Lipinski definition) is 0. The molecule has 0 saturated carbocycles. The van der Waals surface area contributed by atoms with Gasteiger partial charge >= 0.3 is 30.9 Å². The highest BCUT2D eigenvalue weighted by molar-refractivity contribution is 9.10. The molecule has 0 spiro atoms. The summed E-state index contributed by atoms with van der Waals surface area (Å²) in [6.45, 7) is 7.16. The van der Waals surface area contributed by atoms with Crippen LogP contribution >= 0.6 is 23.5 Å². The van der Waals surface area contributed by atoms with Crippen LogP contribution in [0, 0.1) is 22.2 Å².